The van der Waals surface area contributed by atoms with Crippen LogP contribution in [0.2, 0.25) is 0 Å². The Bertz CT molecular complexity index is 588. The molecular weight excluding hydrogens is 238 g/mol. The molecule has 17 heavy (non-hydrogen) atoms. The number of rotatable bonds is 3. The van der Waals surface area contributed by atoms with Crippen LogP contribution in [-0.2, 0) is 10.0 Å². The number of amides is 1. The van der Waals surface area contributed by atoms with Gasteiger partial charge in [-0.25, -0.2) is 13.1 Å². The molecule has 0 unspecified atom stereocenters. The van der Waals surface area contributed by atoms with Crippen molar-refractivity contribution in [1.29, 1.82) is 0 Å². The van der Waals surface area contributed by atoms with Crippen molar-refractivity contribution in [2.24, 2.45) is 0 Å². The van der Waals surface area contributed by atoms with E-state index in [9.17, 15) is 13.2 Å². The molecule has 1 heterocycles. The number of allylic oxidation sites excluding steroid dienone is 1. The predicted molar refractivity (Wildman–Crippen MR) is 65.0 cm³/mol. The maximum Gasteiger partial charge on any atom is 0.266 e. The van der Waals surface area contributed by atoms with Crippen LogP contribution in [0.1, 0.15) is 35.7 Å². The molecule has 5 heteroatoms. The molecule has 0 saturated heterocycles. The van der Waals surface area contributed by atoms with Crippen LogP contribution in [0.4, 0.5) is 0 Å². The largest absolute Gasteiger partial charge is 0.268 e. The van der Waals surface area contributed by atoms with Crippen LogP contribution in [0.15, 0.2) is 29.2 Å². The average molecular weight is 251 g/mol. The zero-order chi connectivity index (χ0) is 12.5. The molecule has 1 aromatic carbocycles. The van der Waals surface area contributed by atoms with Crippen LogP contribution < -0.4 is 4.72 Å². The molecule has 0 fully saturated rings. The molecule has 0 bridgehead atoms. The van der Waals surface area contributed by atoms with Crippen molar-refractivity contribution in [2.45, 2.75) is 24.7 Å². The first-order chi connectivity index (χ1) is 8.06. The van der Waals surface area contributed by atoms with E-state index in [0.29, 0.717) is 5.56 Å². The maximum absolute atomic E-state index is 11.8. The standard InChI is InChI=1S/C12H13NO3S/c1-2-3-4-6-9-7-5-8-10-11(9)17(15,16)13-12(10)14/h4-8H,2-3H2,1H3,(H,13,14). The van der Waals surface area contributed by atoms with Crippen molar-refractivity contribution in [3.05, 3.63) is 35.4 Å². The van der Waals surface area contributed by atoms with Crippen molar-refractivity contribution in [2.75, 3.05) is 0 Å². The Labute approximate surface area is 100 Å². The van der Waals surface area contributed by atoms with Crippen molar-refractivity contribution in [1.82, 2.24) is 4.72 Å². The third-order valence-electron chi connectivity index (χ3n) is 2.54. The van der Waals surface area contributed by atoms with Crippen molar-refractivity contribution in [3.8, 4) is 0 Å². The first-order valence-electron chi connectivity index (χ1n) is 5.43. The van der Waals surface area contributed by atoms with E-state index in [4.69, 9.17) is 0 Å². The van der Waals surface area contributed by atoms with Gasteiger partial charge in [-0.15, -0.1) is 0 Å². The fourth-order valence-corrected chi connectivity index (χ4v) is 3.12. The molecule has 0 aromatic heterocycles. The Hall–Kier alpha value is -1.62. The van der Waals surface area contributed by atoms with Gasteiger partial charge in [0.2, 0.25) is 0 Å². The van der Waals surface area contributed by atoms with E-state index in [0.717, 1.165) is 12.8 Å². The normalized spacial score (nSPS) is 17.1. The number of benzene rings is 1. The SMILES string of the molecule is CCCC=Cc1cccc2c1S(=O)(=O)NC2=O. The molecule has 1 aliphatic rings. The third-order valence-corrected chi connectivity index (χ3v) is 3.99. The second kappa shape index (κ2) is 4.33. The highest BCUT2D eigenvalue weighted by Crippen LogP contribution is 2.27. The number of hydrogen-bond donors (Lipinski definition) is 1. The zero-order valence-electron chi connectivity index (χ0n) is 9.43. The minimum absolute atomic E-state index is 0.0948. The van der Waals surface area contributed by atoms with Gasteiger partial charge in [-0.3, -0.25) is 4.79 Å². The molecular formula is C12H13NO3S. The second-order valence-corrected chi connectivity index (χ2v) is 5.47. The summed E-state index contributed by atoms with van der Waals surface area (Å²) in [5, 5.41) is 0. The number of sulfonamides is 1. The van der Waals surface area contributed by atoms with E-state index in [1.54, 1.807) is 18.2 Å². The Balaban J connectivity index is 2.54. The van der Waals surface area contributed by atoms with Gasteiger partial charge in [0.05, 0.1) is 5.56 Å². The molecule has 0 aliphatic carbocycles. The first-order valence-corrected chi connectivity index (χ1v) is 6.91. The molecule has 1 amide bonds. The number of carbonyl (C=O) groups excluding carboxylic acids is 1. The van der Waals surface area contributed by atoms with Crippen molar-refractivity contribution >= 4 is 22.0 Å². The van der Waals surface area contributed by atoms with Gasteiger partial charge >= 0.3 is 0 Å². The molecule has 4 nitrogen and oxygen atoms in total. The second-order valence-electron chi connectivity index (χ2n) is 3.85. The van der Waals surface area contributed by atoms with E-state index >= 15 is 0 Å². The highest BCUT2D eigenvalue weighted by molar-refractivity contribution is 7.90. The van der Waals surface area contributed by atoms with Crippen molar-refractivity contribution in [3.63, 3.8) is 0 Å². The summed E-state index contributed by atoms with van der Waals surface area (Å²) < 4.78 is 25.5. The molecule has 0 saturated carbocycles. The van der Waals surface area contributed by atoms with Gasteiger partial charge < -0.3 is 0 Å². The van der Waals surface area contributed by atoms with E-state index in [2.05, 4.69) is 0 Å². The molecule has 90 valence electrons. The van der Waals surface area contributed by atoms with E-state index in [1.807, 2.05) is 17.7 Å². The fraction of sp³-hybridized carbons (Fsp3) is 0.250. The lowest BCUT2D eigenvalue weighted by molar-refractivity contribution is 0.0985. The zero-order valence-corrected chi connectivity index (χ0v) is 10.3. The van der Waals surface area contributed by atoms with Crippen LogP contribution in [0.5, 0.6) is 0 Å². The van der Waals surface area contributed by atoms with E-state index in [1.165, 1.54) is 6.07 Å². The average Bonchev–Trinajstić information content (AvgIpc) is 2.51. The number of unbranched alkanes of at least 4 members (excludes halogenated alkanes) is 1. The lowest BCUT2D eigenvalue weighted by Gasteiger charge is -2.00. The summed E-state index contributed by atoms with van der Waals surface area (Å²) in [6.45, 7) is 2.04. The summed E-state index contributed by atoms with van der Waals surface area (Å²) in [5.41, 5.74) is 0.790. The third kappa shape index (κ3) is 2.10. The molecule has 2 rings (SSSR count). The van der Waals surface area contributed by atoms with E-state index < -0.39 is 15.9 Å². The van der Waals surface area contributed by atoms with Gasteiger partial charge in [-0.1, -0.05) is 37.6 Å². The van der Waals surface area contributed by atoms with Gasteiger partial charge in [0.25, 0.3) is 15.9 Å². The minimum Gasteiger partial charge on any atom is -0.268 e. The van der Waals surface area contributed by atoms with E-state index in [-0.39, 0.29) is 10.5 Å². The maximum atomic E-state index is 11.8. The van der Waals surface area contributed by atoms with Gasteiger partial charge in [0, 0.05) is 0 Å². The van der Waals surface area contributed by atoms with Gasteiger partial charge in [0.1, 0.15) is 4.90 Å². The minimum atomic E-state index is -3.67. The topological polar surface area (TPSA) is 63.2 Å². The number of nitrogens with one attached hydrogen (secondary N) is 1. The number of carbonyl (C=O) groups is 1. The van der Waals surface area contributed by atoms with Gasteiger partial charge in [0.15, 0.2) is 0 Å². The van der Waals surface area contributed by atoms with Gasteiger partial charge in [-0.2, -0.15) is 0 Å². The van der Waals surface area contributed by atoms with Crippen LogP contribution >= 0.6 is 0 Å². The first kappa shape index (κ1) is 11.9. The molecule has 0 spiro atoms. The Kier molecular flexibility index (Phi) is 3.02. The molecule has 1 aromatic rings. The molecule has 0 radical (unpaired) electrons. The molecule has 1 N–H and O–H groups in total. The molecule has 0 atom stereocenters. The summed E-state index contributed by atoms with van der Waals surface area (Å²) in [6.07, 6.45) is 5.54. The number of fused-ring (bicyclic) bond motifs is 1. The number of hydrogen-bond acceptors (Lipinski definition) is 3. The summed E-state index contributed by atoms with van der Waals surface area (Å²) in [4.78, 5) is 11.5. The Morgan fingerprint density at radius 3 is 2.82 bits per heavy atom. The smallest absolute Gasteiger partial charge is 0.266 e. The van der Waals surface area contributed by atoms with Crippen molar-refractivity contribution < 1.29 is 13.2 Å². The lowest BCUT2D eigenvalue weighted by atomic mass is 10.1. The summed E-state index contributed by atoms with van der Waals surface area (Å²) in [7, 11) is -3.67. The van der Waals surface area contributed by atoms with Crippen LogP contribution in [0.3, 0.4) is 0 Å². The summed E-state index contributed by atoms with van der Waals surface area (Å²) in [5.74, 6) is -0.550. The Morgan fingerprint density at radius 2 is 2.12 bits per heavy atom. The Morgan fingerprint density at radius 1 is 1.35 bits per heavy atom. The van der Waals surface area contributed by atoms with Crippen LogP contribution in [-0.4, -0.2) is 14.3 Å². The summed E-state index contributed by atoms with van der Waals surface area (Å²) >= 11 is 0. The van der Waals surface area contributed by atoms with Gasteiger partial charge in [-0.05, 0) is 18.1 Å². The highest BCUT2D eigenvalue weighted by atomic mass is 32.2. The quantitative estimate of drug-likeness (QED) is 0.892. The van der Waals surface area contributed by atoms with Crippen LogP contribution in [0, 0.1) is 0 Å². The van der Waals surface area contributed by atoms with Crippen LogP contribution in [0.25, 0.3) is 6.08 Å². The highest BCUT2D eigenvalue weighted by Gasteiger charge is 2.33. The predicted octanol–water partition coefficient (Wildman–Crippen LogP) is 1.93. The monoisotopic (exact) mass is 251 g/mol. The fourth-order valence-electron chi connectivity index (χ4n) is 1.77. The lowest BCUT2D eigenvalue weighted by Crippen LogP contribution is -2.20. The molecule has 1 aliphatic heterocycles. The summed E-state index contributed by atoms with van der Waals surface area (Å²) in [6, 6.07) is 4.90.